The smallest absolute Gasteiger partial charge is 0.0991 e. The molecule has 0 aliphatic carbocycles. The Morgan fingerprint density at radius 3 is 2.53 bits per heavy atom. The van der Waals surface area contributed by atoms with Gasteiger partial charge in [0.15, 0.2) is 0 Å². The summed E-state index contributed by atoms with van der Waals surface area (Å²) in [6.07, 6.45) is 2.82. The quantitative estimate of drug-likeness (QED) is 0.608. The Balaban J connectivity index is 2.15. The van der Waals surface area contributed by atoms with Crippen LogP contribution in [0.5, 0.6) is 0 Å². The van der Waals surface area contributed by atoms with E-state index in [1.54, 1.807) is 0 Å². The van der Waals surface area contributed by atoms with E-state index in [1.807, 2.05) is 0 Å². The maximum Gasteiger partial charge on any atom is 0.0991 e. The second kappa shape index (κ2) is 7.34. The summed E-state index contributed by atoms with van der Waals surface area (Å²) >= 11 is 0. The summed E-state index contributed by atoms with van der Waals surface area (Å²) in [5, 5.41) is 0. The number of rotatable bonds is 8. The maximum absolute atomic E-state index is 5.75. The van der Waals surface area contributed by atoms with E-state index in [9.17, 15) is 0 Å². The molecule has 1 fully saturated rings. The van der Waals surface area contributed by atoms with Crippen molar-refractivity contribution in [2.24, 2.45) is 5.92 Å². The van der Waals surface area contributed by atoms with Crippen LogP contribution in [0.1, 0.15) is 40.5 Å². The van der Waals surface area contributed by atoms with Crippen molar-refractivity contribution in [3.05, 3.63) is 0 Å². The number of likely N-dealkylation sites (tertiary alicyclic amines) is 1. The van der Waals surface area contributed by atoms with Crippen LogP contribution < -0.4 is 0 Å². The summed E-state index contributed by atoms with van der Waals surface area (Å²) in [6, 6.07) is 0.753. The second-order valence-corrected chi connectivity index (χ2v) is 5.88. The van der Waals surface area contributed by atoms with E-state index in [4.69, 9.17) is 4.74 Å². The lowest BCUT2D eigenvalue weighted by Crippen LogP contribution is -2.54. The summed E-state index contributed by atoms with van der Waals surface area (Å²) in [7, 11) is 2.16. The van der Waals surface area contributed by atoms with Gasteiger partial charge in [0.25, 0.3) is 0 Å². The number of likely N-dealkylation sites (N-methyl/N-ethyl adjacent to an activating group) is 1. The fourth-order valence-electron chi connectivity index (χ4n) is 2.20. The summed E-state index contributed by atoms with van der Waals surface area (Å²) in [6.45, 7) is 13.3. The van der Waals surface area contributed by atoms with Gasteiger partial charge in [0.1, 0.15) is 0 Å². The van der Waals surface area contributed by atoms with E-state index in [1.165, 1.54) is 19.5 Å². The molecule has 0 radical (unpaired) electrons. The first kappa shape index (κ1) is 14.9. The van der Waals surface area contributed by atoms with Gasteiger partial charge in [-0.15, -0.1) is 0 Å². The predicted octanol–water partition coefficient (Wildman–Crippen LogP) is 2.42. The molecule has 2 unspecified atom stereocenters. The van der Waals surface area contributed by atoms with Crippen LogP contribution in [0.4, 0.5) is 0 Å². The molecular formula is C14H30N2O. The van der Waals surface area contributed by atoms with Gasteiger partial charge < -0.3 is 4.74 Å². The van der Waals surface area contributed by atoms with Crippen LogP contribution in [0.25, 0.3) is 0 Å². The molecule has 1 heterocycles. The first-order valence-electron chi connectivity index (χ1n) is 7.07. The molecular weight excluding hydrogens is 212 g/mol. The molecule has 0 aromatic carbocycles. The van der Waals surface area contributed by atoms with Crippen LogP contribution in [-0.4, -0.2) is 55.4 Å². The highest BCUT2D eigenvalue weighted by molar-refractivity contribution is 4.84. The third-order valence-electron chi connectivity index (χ3n) is 3.54. The highest BCUT2D eigenvalue weighted by Gasteiger charge is 2.28. The Morgan fingerprint density at radius 1 is 1.35 bits per heavy atom. The molecule has 0 amide bonds. The fourth-order valence-corrected chi connectivity index (χ4v) is 2.20. The Kier molecular flexibility index (Phi) is 6.45. The highest BCUT2D eigenvalue weighted by atomic mass is 16.5. The zero-order valence-corrected chi connectivity index (χ0v) is 12.3. The minimum absolute atomic E-state index is 0.380. The zero-order valence-electron chi connectivity index (χ0n) is 12.3. The van der Waals surface area contributed by atoms with Gasteiger partial charge in [0.2, 0.25) is 0 Å². The Hall–Kier alpha value is -0.120. The van der Waals surface area contributed by atoms with Crippen LogP contribution in [-0.2, 0) is 4.74 Å². The average molecular weight is 242 g/mol. The lowest BCUT2D eigenvalue weighted by atomic mass is 10.0. The van der Waals surface area contributed by atoms with Crippen LogP contribution in [0.2, 0.25) is 0 Å². The molecule has 1 rings (SSSR count). The van der Waals surface area contributed by atoms with Crippen molar-refractivity contribution >= 4 is 0 Å². The monoisotopic (exact) mass is 242 g/mol. The molecule has 3 nitrogen and oxygen atoms in total. The Morgan fingerprint density at radius 2 is 2.06 bits per heavy atom. The maximum atomic E-state index is 5.75. The molecule has 1 saturated heterocycles. The normalized spacial score (nSPS) is 23.1. The number of hydrogen-bond donors (Lipinski definition) is 0. The molecule has 0 N–H and O–H groups in total. The molecule has 17 heavy (non-hydrogen) atoms. The first-order chi connectivity index (χ1) is 8.02. The van der Waals surface area contributed by atoms with Crippen LogP contribution in [0.3, 0.4) is 0 Å². The van der Waals surface area contributed by atoms with Gasteiger partial charge in [-0.2, -0.15) is 0 Å². The standard InChI is InChI=1S/C14H30N2O/c1-6-13(4)17-11-15(5)10-14-7-8-16(14)9-12(2)3/h12-14H,6-11H2,1-5H3. The molecule has 1 aliphatic heterocycles. The van der Waals surface area contributed by atoms with Gasteiger partial charge >= 0.3 is 0 Å². The third kappa shape index (κ3) is 5.36. The van der Waals surface area contributed by atoms with E-state index < -0.39 is 0 Å². The van der Waals surface area contributed by atoms with Crippen molar-refractivity contribution in [2.75, 3.05) is 33.4 Å². The average Bonchev–Trinajstić information content (AvgIpc) is 2.28. The second-order valence-electron chi connectivity index (χ2n) is 5.88. The topological polar surface area (TPSA) is 15.7 Å². The third-order valence-corrected chi connectivity index (χ3v) is 3.54. The van der Waals surface area contributed by atoms with Gasteiger partial charge in [-0.1, -0.05) is 20.8 Å². The highest BCUT2D eigenvalue weighted by Crippen LogP contribution is 2.19. The van der Waals surface area contributed by atoms with Crippen molar-refractivity contribution in [1.82, 2.24) is 9.80 Å². The van der Waals surface area contributed by atoms with Crippen LogP contribution in [0.15, 0.2) is 0 Å². The molecule has 0 saturated carbocycles. The molecule has 102 valence electrons. The van der Waals surface area contributed by atoms with E-state index >= 15 is 0 Å². The predicted molar refractivity (Wildman–Crippen MR) is 73.2 cm³/mol. The van der Waals surface area contributed by atoms with Crippen molar-refractivity contribution in [3.8, 4) is 0 Å². The van der Waals surface area contributed by atoms with Gasteiger partial charge in [-0.25, -0.2) is 0 Å². The van der Waals surface area contributed by atoms with Crippen molar-refractivity contribution in [3.63, 3.8) is 0 Å². The first-order valence-corrected chi connectivity index (χ1v) is 7.07. The minimum Gasteiger partial charge on any atom is -0.363 e. The Bertz CT molecular complexity index is 208. The van der Waals surface area contributed by atoms with Gasteiger partial charge in [0, 0.05) is 25.7 Å². The molecule has 0 aromatic heterocycles. The molecule has 0 bridgehead atoms. The molecule has 0 aromatic rings. The van der Waals surface area contributed by atoms with E-state index in [2.05, 4.69) is 44.5 Å². The Labute approximate surface area is 107 Å². The lowest BCUT2D eigenvalue weighted by molar-refractivity contribution is -0.0287. The van der Waals surface area contributed by atoms with Gasteiger partial charge in [-0.3, -0.25) is 9.80 Å². The number of ether oxygens (including phenoxy) is 1. The molecule has 1 aliphatic rings. The zero-order chi connectivity index (χ0) is 12.8. The number of hydrogen-bond acceptors (Lipinski definition) is 3. The molecule has 3 heteroatoms. The van der Waals surface area contributed by atoms with Crippen molar-refractivity contribution < 1.29 is 4.74 Å². The van der Waals surface area contributed by atoms with Crippen LogP contribution in [0, 0.1) is 5.92 Å². The molecule has 2 atom stereocenters. The summed E-state index contributed by atoms with van der Waals surface area (Å²) in [5.74, 6) is 0.777. The molecule has 0 spiro atoms. The van der Waals surface area contributed by atoms with Crippen LogP contribution >= 0.6 is 0 Å². The fraction of sp³-hybridized carbons (Fsp3) is 1.00. The number of nitrogens with zero attached hydrogens (tertiary/aromatic N) is 2. The van der Waals surface area contributed by atoms with E-state index in [0.29, 0.717) is 6.10 Å². The van der Waals surface area contributed by atoms with Crippen molar-refractivity contribution in [1.29, 1.82) is 0 Å². The largest absolute Gasteiger partial charge is 0.363 e. The summed E-state index contributed by atoms with van der Waals surface area (Å²) < 4.78 is 5.75. The van der Waals surface area contributed by atoms with E-state index in [0.717, 1.165) is 31.7 Å². The summed E-state index contributed by atoms with van der Waals surface area (Å²) in [4.78, 5) is 4.91. The van der Waals surface area contributed by atoms with E-state index in [-0.39, 0.29) is 0 Å². The SMILES string of the molecule is CCC(C)OCN(C)CC1CCN1CC(C)C. The van der Waals surface area contributed by atoms with Gasteiger partial charge in [0.05, 0.1) is 12.8 Å². The summed E-state index contributed by atoms with van der Waals surface area (Å²) in [5.41, 5.74) is 0. The van der Waals surface area contributed by atoms with Crippen molar-refractivity contribution in [2.45, 2.75) is 52.7 Å². The lowest BCUT2D eigenvalue weighted by Gasteiger charge is -2.43. The van der Waals surface area contributed by atoms with Gasteiger partial charge in [-0.05, 0) is 32.7 Å². The minimum atomic E-state index is 0.380.